The van der Waals surface area contributed by atoms with Gasteiger partial charge in [0.05, 0.1) is 0 Å². The van der Waals surface area contributed by atoms with Gasteiger partial charge in [-0.3, -0.25) is 0 Å². The van der Waals surface area contributed by atoms with Gasteiger partial charge in [-0.05, 0) is 45.3 Å². The van der Waals surface area contributed by atoms with E-state index in [9.17, 15) is 0 Å². The number of H-pyrrole nitrogens is 1. The molecule has 1 aromatic heterocycles. The van der Waals surface area contributed by atoms with Crippen molar-refractivity contribution in [2.24, 2.45) is 0 Å². The third-order valence-electron chi connectivity index (χ3n) is 3.66. The Morgan fingerprint density at radius 3 is 2.26 bits per heavy atom. The van der Waals surface area contributed by atoms with Gasteiger partial charge in [0.2, 0.25) is 0 Å². The van der Waals surface area contributed by atoms with Crippen LogP contribution in [0.5, 0.6) is 0 Å². The zero-order valence-corrected chi connectivity index (χ0v) is 10.4. The smallest absolute Gasteiger partial charge is 0.0454 e. The molecule has 19 heavy (non-hydrogen) atoms. The van der Waals surface area contributed by atoms with E-state index >= 15 is 0 Å². The molecule has 0 spiro atoms. The fourth-order valence-corrected chi connectivity index (χ4v) is 2.68. The van der Waals surface area contributed by atoms with Crippen molar-refractivity contribution < 1.29 is 0 Å². The Hall–Kier alpha value is -2.54. The lowest BCUT2D eigenvalue weighted by atomic mass is 9.99. The van der Waals surface area contributed by atoms with E-state index < -0.39 is 0 Å². The van der Waals surface area contributed by atoms with Crippen molar-refractivity contribution in [1.29, 1.82) is 0 Å². The van der Waals surface area contributed by atoms with Gasteiger partial charge in [0, 0.05) is 11.9 Å². The van der Waals surface area contributed by atoms with E-state index in [2.05, 4.69) is 65.6 Å². The fraction of sp³-hybridized carbons (Fsp3) is 0. The van der Waals surface area contributed by atoms with Crippen LogP contribution < -0.4 is 0 Å². The Bertz CT molecular complexity index is 857. The molecule has 0 atom stereocenters. The molecule has 0 aliphatic carbocycles. The quantitative estimate of drug-likeness (QED) is 0.453. The van der Waals surface area contributed by atoms with Crippen molar-refractivity contribution in [1.82, 2.24) is 4.98 Å². The zero-order valence-electron chi connectivity index (χ0n) is 10.4. The first-order valence-electron chi connectivity index (χ1n) is 6.47. The van der Waals surface area contributed by atoms with E-state index in [0.717, 1.165) is 5.69 Å². The molecule has 0 unspecified atom stereocenters. The third kappa shape index (κ3) is 1.63. The average molecular weight is 243 g/mol. The molecule has 90 valence electrons. The summed E-state index contributed by atoms with van der Waals surface area (Å²) in [4.78, 5) is 3.27. The minimum Gasteiger partial charge on any atom is -0.361 e. The molecular formula is C18H13N. The Balaban J connectivity index is 2.09. The number of aromatic nitrogens is 1. The summed E-state index contributed by atoms with van der Waals surface area (Å²) in [5.41, 5.74) is 2.39. The second-order valence-electron chi connectivity index (χ2n) is 4.81. The number of benzene rings is 3. The molecule has 1 heterocycles. The minimum absolute atomic E-state index is 1.16. The minimum atomic E-state index is 1.16. The molecule has 1 N–H and O–H groups in total. The molecular weight excluding hydrogens is 230 g/mol. The maximum absolute atomic E-state index is 3.27. The van der Waals surface area contributed by atoms with Gasteiger partial charge >= 0.3 is 0 Å². The van der Waals surface area contributed by atoms with E-state index in [-0.39, 0.29) is 0 Å². The van der Waals surface area contributed by atoms with Crippen LogP contribution >= 0.6 is 0 Å². The highest BCUT2D eigenvalue weighted by molar-refractivity contribution is 6.08. The molecule has 0 fully saturated rings. The Kier molecular flexibility index (Phi) is 2.18. The number of hydrogen-bond donors (Lipinski definition) is 1. The van der Waals surface area contributed by atoms with Gasteiger partial charge in [0.1, 0.15) is 0 Å². The van der Waals surface area contributed by atoms with E-state index in [1.54, 1.807) is 0 Å². The summed E-state index contributed by atoms with van der Waals surface area (Å²) in [6, 6.07) is 23.7. The van der Waals surface area contributed by atoms with E-state index in [4.69, 9.17) is 0 Å². The third-order valence-corrected chi connectivity index (χ3v) is 3.66. The Morgan fingerprint density at radius 2 is 1.42 bits per heavy atom. The SMILES string of the molecule is c1c[nH]c(-c2ccc3ccc4ccccc4c3c2)c1. The van der Waals surface area contributed by atoms with Crippen molar-refractivity contribution in [3.05, 3.63) is 72.9 Å². The molecule has 0 saturated heterocycles. The van der Waals surface area contributed by atoms with Gasteiger partial charge < -0.3 is 4.98 Å². The standard InChI is InChI=1S/C18H13N/c1-2-5-16-13(4-1)7-8-14-9-10-15(12-17(14)16)18-6-3-11-19-18/h1-12,19H. The lowest BCUT2D eigenvalue weighted by Gasteiger charge is -2.06. The highest BCUT2D eigenvalue weighted by atomic mass is 14.7. The molecule has 3 aromatic carbocycles. The fourth-order valence-electron chi connectivity index (χ4n) is 2.68. The molecule has 4 rings (SSSR count). The molecule has 0 amide bonds. The van der Waals surface area contributed by atoms with Crippen molar-refractivity contribution in [2.45, 2.75) is 0 Å². The summed E-state index contributed by atoms with van der Waals surface area (Å²) in [6.45, 7) is 0. The first-order chi connectivity index (χ1) is 9.42. The number of aromatic amines is 1. The number of nitrogens with one attached hydrogen (secondary N) is 1. The van der Waals surface area contributed by atoms with Crippen LogP contribution in [0.2, 0.25) is 0 Å². The van der Waals surface area contributed by atoms with Crippen LogP contribution in [0.25, 0.3) is 32.8 Å². The molecule has 1 heteroatoms. The zero-order chi connectivity index (χ0) is 12.7. The van der Waals surface area contributed by atoms with Gasteiger partial charge in [-0.15, -0.1) is 0 Å². The Morgan fingerprint density at radius 1 is 0.632 bits per heavy atom. The summed E-state index contributed by atoms with van der Waals surface area (Å²) >= 11 is 0. The highest BCUT2D eigenvalue weighted by Gasteiger charge is 2.03. The summed E-state index contributed by atoms with van der Waals surface area (Å²) in [6.07, 6.45) is 1.96. The highest BCUT2D eigenvalue weighted by Crippen LogP contribution is 2.29. The first kappa shape index (κ1) is 10.4. The lowest BCUT2D eigenvalue weighted by molar-refractivity contribution is 1.41. The molecule has 0 aliphatic rings. The van der Waals surface area contributed by atoms with Crippen LogP contribution in [0, 0.1) is 0 Å². The van der Waals surface area contributed by atoms with E-state index in [0.29, 0.717) is 0 Å². The van der Waals surface area contributed by atoms with Crippen molar-refractivity contribution in [3.63, 3.8) is 0 Å². The van der Waals surface area contributed by atoms with Gasteiger partial charge in [-0.25, -0.2) is 0 Å². The largest absolute Gasteiger partial charge is 0.361 e. The summed E-state index contributed by atoms with van der Waals surface area (Å²) in [5, 5.41) is 5.20. The molecule has 4 aromatic rings. The number of rotatable bonds is 1. The lowest BCUT2D eigenvalue weighted by Crippen LogP contribution is -1.81. The molecule has 1 nitrogen and oxygen atoms in total. The van der Waals surface area contributed by atoms with Crippen LogP contribution in [0.1, 0.15) is 0 Å². The van der Waals surface area contributed by atoms with Crippen LogP contribution in [-0.4, -0.2) is 4.98 Å². The molecule has 0 aliphatic heterocycles. The normalized spacial score (nSPS) is 11.2. The van der Waals surface area contributed by atoms with Gasteiger partial charge in [-0.2, -0.15) is 0 Å². The maximum atomic E-state index is 3.27. The monoisotopic (exact) mass is 243 g/mol. The van der Waals surface area contributed by atoms with Gasteiger partial charge in [0.25, 0.3) is 0 Å². The van der Waals surface area contributed by atoms with E-state index in [1.807, 2.05) is 12.3 Å². The molecule has 0 radical (unpaired) electrons. The van der Waals surface area contributed by atoms with Crippen molar-refractivity contribution >= 4 is 21.5 Å². The summed E-state index contributed by atoms with van der Waals surface area (Å²) in [5.74, 6) is 0. The van der Waals surface area contributed by atoms with Crippen LogP contribution in [-0.2, 0) is 0 Å². The maximum Gasteiger partial charge on any atom is 0.0454 e. The second kappa shape index (κ2) is 3.99. The molecule has 0 saturated carbocycles. The summed E-state index contributed by atoms with van der Waals surface area (Å²) in [7, 11) is 0. The van der Waals surface area contributed by atoms with Crippen LogP contribution in [0.15, 0.2) is 72.9 Å². The number of hydrogen-bond acceptors (Lipinski definition) is 0. The predicted octanol–water partition coefficient (Wildman–Crippen LogP) is 4.99. The summed E-state index contributed by atoms with van der Waals surface area (Å²) < 4.78 is 0. The Labute approximate surface area is 111 Å². The van der Waals surface area contributed by atoms with E-state index in [1.165, 1.54) is 27.1 Å². The molecule has 0 bridgehead atoms. The van der Waals surface area contributed by atoms with Gasteiger partial charge in [-0.1, -0.05) is 48.5 Å². The van der Waals surface area contributed by atoms with Crippen molar-refractivity contribution in [3.8, 4) is 11.3 Å². The van der Waals surface area contributed by atoms with Gasteiger partial charge in [0.15, 0.2) is 0 Å². The topological polar surface area (TPSA) is 15.8 Å². The van der Waals surface area contributed by atoms with Crippen molar-refractivity contribution in [2.75, 3.05) is 0 Å². The number of fused-ring (bicyclic) bond motifs is 3. The van der Waals surface area contributed by atoms with Crippen LogP contribution in [0.4, 0.5) is 0 Å². The second-order valence-corrected chi connectivity index (χ2v) is 4.81. The predicted molar refractivity (Wildman–Crippen MR) is 81.2 cm³/mol. The first-order valence-corrected chi connectivity index (χ1v) is 6.47. The van der Waals surface area contributed by atoms with Crippen LogP contribution in [0.3, 0.4) is 0 Å². The average Bonchev–Trinajstić information content (AvgIpc) is 3.01.